The summed E-state index contributed by atoms with van der Waals surface area (Å²) in [5.41, 5.74) is 1.46. The molecule has 1 fully saturated rings. The number of nitrogens with zero attached hydrogens (tertiary/aromatic N) is 2. The Labute approximate surface area is 118 Å². The Hall–Kier alpha value is -0.970. The van der Waals surface area contributed by atoms with Crippen molar-refractivity contribution >= 4 is 21.6 Å². The number of nitrogens with one attached hydrogen (secondary N) is 1. The Balaban J connectivity index is 1.66. The van der Waals surface area contributed by atoms with Crippen LogP contribution < -0.4 is 5.32 Å². The molecule has 1 aromatic heterocycles. The fourth-order valence-electron chi connectivity index (χ4n) is 2.63. The molecule has 0 atom stereocenters. The minimum Gasteiger partial charge on any atom is -0.314 e. The zero-order valence-electron chi connectivity index (χ0n) is 11.6. The van der Waals surface area contributed by atoms with E-state index in [1.54, 1.807) is 0 Å². The van der Waals surface area contributed by atoms with Crippen molar-refractivity contribution in [2.75, 3.05) is 20.1 Å². The number of aromatic nitrogens is 1. The summed E-state index contributed by atoms with van der Waals surface area (Å²) in [4.78, 5) is 7.25. The maximum absolute atomic E-state index is 4.72. The molecular formula is C15H21N3S. The van der Waals surface area contributed by atoms with E-state index in [-0.39, 0.29) is 0 Å². The molecule has 1 aliphatic heterocycles. The number of piperidine rings is 1. The molecule has 0 bridgehead atoms. The summed E-state index contributed by atoms with van der Waals surface area (Å²) >= 11 is 1.83. The third-order valence-corrected chi connectivity index (χ3v) is 5.28. The number of para-hydroxylation sites is 1. The molecule has 1 aliphatic rings. The molecule has 3 rings (SSSR count). The maximum Gasteiger partial charge on any atom is 0.108 e. The van der Waals surface area contributed by atoms with Crippen LogP contribution in [0.15, 0.2) is 24.3 Å². The number of thiazole rings is 1. The van der Waals surface area contributed by atoms with E-state index >= 15 is 0 Å². The van der Waals surface area contributed by atoms with Gasteiger partial charge in [0.15, 0.2) is 0 Å². The molecule has 2 aromatic rings. The Morgan fingerprint density at radius 2 is 2.05 bits per heavy atom. The van der Waals surface area contributed by atoms with Crippen molar-refractivity contribution in [2.24, 2.45) is 0 Å². The van der Waals surface area contributed by atoms with Gasteiger partial charge in [0.1, 0.15) is 5.01 Å². The van der Waals surface area contributed by atoms with E-state index < -0.39 is 0 Å². The maximum atomic E-state index is 4.72. The molecular weight excluding hydrogens is 254 g/mol. The molecule has 19 heavy (non-hydrogen) atoms. The minimum atomic E-state index is 0.324. The quantitative estimate of drug-likeness (QED) is 0.933. The third-order valence-electron chi connectivity index (χ3n) is 4.26. The van der Waals surface area contributed by atoms with Crippen LogP contribution in [0.1, 0.15) is 24.8 Å². The molecule has 2 heterocycles. The van der Waals surface area contributed by atoms with Gasteiger partial charge in [-0.15, -0.1) is 11.3 Å². The lowest BCUT2D eigenvalue weighted by Crippen LogP contribution is -2.49. The highest BCUT2D eigenvalue weighted by atomic mass is 32.1. The molecule has 1 aromatic carbocycles. The molecule has 4 heteroatoms. The standard InChI is InChI=1S/C15H21N3S/c1-15(16-2)7-9-18(10-8-15)11-14-17-12-5-3-4-6-13(12)19-14/h3-6,16H,7-11H2,1-2H3. The van der Waals surface area contributed by atoms with Gasteiger partial charge in [-0.05, 0) is 38.9 Å². The van der Waals surface area contributed by atoms with Gasteiger partial charge >= 0.3 is 0 Å². The molecule has 0 unspecified atom stereocenters. The van der Waals surface area contributed by atoms with Crippen LogP contribution in [0.25, 0.3) is 10.2 Å². The second-order valence-electron chi connectivity index (χ2n) is 5.66. The molecule has 0 saturated carbocycles. The molecule has 102 valence electrons. The third kappa shape index (κ3) is 2.81. The minimum absolute atomic E-state index is 0.324. The summed E-state index contributed by atoms with van der Waals surface area (Å²) in [6.45, 7) is 5.64. The van der Waals surface area contributed by atoms with Gasteiger partial charge in [0.05, 0.1) is 16.8 Å². The SMILES string of the molecule is CNC1(C)CCN(Cc2nc3ccccc3s2)CC1. The lowest BCUT2D eigenvalue weighted by molar-refractivity contribution is 0.146. The fourth-order valence-corrected chi connectivity index (χ4v) is 3.64. The van der Waals surface area contributed by atoms with Gasteiger partial charge in [-0.25, -0.2) is 4.98 Å². The Bertz CT molecular complexity index is 522. The molecule has 0 spiro atoms. The van der Waals surface area contributed by atoms with Crippen molar-refractivity contribution in [2.45, 2.75) is 31.8 Å². The highest BCUT2D eigenvalue weighted by Crippen LogP contribution is 2.26. The lowest BCUT2D eigenvalue weighted by Gasteiger charge is -2.39. The summed E-state index contributed by atoms with van der Waals surface area (Å²) in [7, 11) is 2.07. The van der Waals surface area contributed by atoms with Crippen LogP contribution in [0, 0.1) is 0 Å². The lowest BCUT2D eigenvalue weighted by atomic mass is 9.90. The zero-order chi connectivity index (χ0) is 13.3. The van der Waals surface area contributed by atoms with Gasteiger partial charge in [-0.1, -0.05) is 12.1 Å². The molecule has 1 N–H and O–H groups in total. The van der Waals surface area contributed by atoms with E-state index in [1.807, 2.05) is 11.3 Å². The second kappa shape index (κ2) is 5.19. The highest BCUT2D eigenvalue weighted by molar-refractivity contribution is 7.18. The van der Waals surface area contributed by atoms with Crippen molar-refractivity contribution in [3.05, 3.63) is 29.3 Å². The van der Waals surface area contributed by atoms with E-state index in [9.17, 15) is 0 Å². The van der Waals surface area contributed by atoms with E-state index in [1.165, 1.54) is 22.5 Å². The first-order valence-electron chi connectivity index (χ1n) is 6.94. The topological polar surface area (TPSA) is 28.2 Å². The first kappa shape index (κ1) is 13.0. The van der Waals surface area contributed by atoms with E-state index in [0.717, 1.165) is 25.2 Å². The summed E-state index contributed by atoms with van der Waals surface area (Å²) in [6, 6.07) is 8.41. The zero-order valence-corrected chi connectivity index (χ0v) is 12.5. The van der Waals surface area contributed by atoms with Crippen molar-refractivity contribution in [1.82, 2.24) is 15.2 Å². The van der Waals surface area contributed by atoms with Gasteiger partial charge in [-0.2, -0.15) is 0 Å². The second-order valence-corrected chi connectivity index (χ2v) is 6.78. The average Bonchev–Trinajstić information content (AvgIpc) is 2.84. The van der Waals surface area contributed by atoms with Crippen molar-refractivity contribution in [1.29, 1.82) is 0 Å². The number of fused-ring (bicyclic) bond motifs is 1. The molecule has 3 nitrogen and oxygen atoms in total. The summed E-state index contributed by atoms with van der Waals surface area (Å²) in [5.74, 6) is 0. The molecule has 0 radical (unpaired) electrons. The van der Waals surface area contributed by atoms with Crippen LogP contribution in [0.2, 0.25) is 0 Å². The van der Waals surface area contributed by atoms with Crippen LogP contribution >= 0.6 is 11.3 Å². The van der Waals surface area contributed by atoms with Crippen molar-refractivity contribution in [3.63, 3.8) is 0 Å². The van der Waals surface area contributed by atoms with Gasteiger partial charge in [-0.3, -0.25) is 4.90 Å². The molecule has 1 saturated heterocycles. The van der Waals surface area contributed by atoms with Crippen molar-refractivity contribution in [3.8, 4) is 0 Å². The first-order valence-corrected chi connectivity index (χ1v) is 7.76. The first-order chi connectivity index (χ1) is 9.18. The highest BCUT2D eigenvalue weighted by Gasteiger charge is 2.28. The normalized spacial score (nSPS) is 19.9. The smallest absolute Gasteiger partial charge is 0.108 e. The fraction of sp³-hybridized carbons (Fsp3) is 0.533. The Morgan fingerprint density at radius 1 is 1.32 bits per heavy atom. The molecule has 0 amide bonds. The summed E-state index contributed by atoms with van der Waals surface area (Å²) < 4.78 is 1.30. The number of likely N-dealkylation sites (tertiary alicyclic amines) is 1. The number of hydrogen-bond donors (Lipinski definition) is 1. The van der Waals surface area contributed by atoms with E-state index in [0.29, 0.717) is 5.54 Å². The number of hydrogen-bond acceptors (Lipinski definition) is 4. The van der Waals surface area contributed by atoms with Crippen LogP contribution in [0.4, 0.5) is 0 Å². The van der Waals surface area contributed by atoms with Crippen molar-refractivity contribution < 1.29 is 0 Å². The van der Waals surface area contributed by atoms with Crippen LogP contribution in [-0.4, -0.2) is 35.6 Å². The van der Waals surface area contributed by atoms with Gasteiger partial charge in [0.25, 0.3) is 0 Å². The largest absolute Gasteiger partial charge is 0.314 e. The van der Waals surface area contributed by atoms with E-state index in [2.05, 4.69) is 48.5 Å². The number of rotatable bonds is 3. The van der Waals surface area contributed by atoms with Gasteiger partial charge in [0, 0.05) is 18.6 Å². The van der Waals surface area contributed by atoms with Gasteiger partial charge < -0.3 is 5.32 Å². The summed E-state index contributed by atoms with van der Waals surface area (Å²) in [6.07, 6.45) is 2.43. The predicted molar refractivity (Wildman–Crippen MR) is 81.6 cm³/mol. The summed E-state index contributed by atoms with van der Waals surface area (Å²) in [5, 5.41) is 4.69. The van der Waals surface area contributed by atoms with Crippen LogP contribution in [0.5, 0.6) is 0 Å². The number of benzene rings is 1. The Kier molecular flexibility index (Phi) is 3.56. The van der Waals surface area contributed by atoms with Gasteiger partial charge in [0.2, 0.25) is 0 Å². The van der Waals surface area contributed by atoms with Crippen LogP contribution in [-0.2, 0) is 6.54 Å². The monoisotopic (exact) mass is 275 g/mol. The Morgan fingerprint density at radius 3 is 2.74 bits per heavy atom. The van der Waals surface area contributed by atoms with E-state index in [4.69, 9.17) is 4.98 Å². The van der Waals surface area contributed by atoms with Crippen LogP contribution in [0.3, 0.4) is 0 Å². The average molecular weight is 275 g/mol. The predicted octanol–water partition coefficient (Wildman–Crippen LogP) is 2.87. The molecule has 0 aliphatic carbocycles.